The van der Waals surface area contributed by atoms with E-state index in [1.54, 1.807) is 0 Å². The summed E-state index contributed by atoms with van der Waals surface area (Å²) in [6.07, 6.45) is 0. The quantitative estimate of drug-likeness (QED) is 0.215. The van der Waals surface area contributed by atoms with Crippen LogP contribution < -0.4 is 0 Å². The topological polar surface area (TPSA) is 0 Å². The first kappa shape index (κ1) is 38.5. The smallest absolute Gasteiger partial charge is 0.0307 e. The molecule has 2 radical (unpaired) electrons. The molecule has 0 N–H and O–H groups in total. The van der Waals surface area contributed by atoms with Crippen molar-refractivity contribution in [2.24, 2.45) is 0 Å². The van der Waals surface area contributed by atoms with E-state index in [1.807, 2.05) is 0 Å². The van der Waals surface area contributed by atoms with Gasteiger partial charge in [0.05, 0.1) is 0 Å². The second-order valence-electron chi connectivity index (χ2n) is 17.5. The van der Waals surface area contributed by atoms with Gasteiger partial charge in [0.1, 0.15) is 0 Å². The van der Waals surface area contributed by atoms with Crippen molar-refractivity contribution in [2.45, 2.75) is 144 Å². The summed E-state index contributed by atoms with van der Waals surface area (Å²) in [5, 5.41) is 0. The molecule has 0 nitrogen and oxygen atoms in total. The van der Waals surface area contributed by atoms with E-state index in [4.69, 9.17) is 0 Å². The molecule has 0 atom stereocenters. The van der Waals surface area contributed by atoms with Crippen LogP contribution in [0.3, 0.4) is 0 Å². The molecule has 13 heteroatoms. The molecule has 0 saturated carbocycles. The third kappa shape index (κ3) is 4.78. The first-order chi connectivity index (χ1) is 14.3. The molecule has 2 heterocycles. The molecule has 2 saturated heterocycles. The van der Waals surface area contributed by atoms with Gasteiger partial charge in [-0.1, -0.05) is 144 Å². The van der Waals surface area contributed by atoms with E-state index >= 15 is 0 Å². The summed E-state index contributed by atoms with van der Waals surface area (Å²) < 4.78 is 0. The van der Waals surface area contributed by atoms with Crippen molar-refractivity contribution in [3.8, 4) is 0 Å². The van der Waals surface area contributed by atoms with Gasteiger partial charge in [-0.25, -0.2) is 0 Å². The number of hydrogen-bond donors (Lipinski definition) is 0. The Morgan fingerprint density at radius 2 is 0.371 bits per heavy atom. The summed E-state index contributed by atoms with van der Waals surface area (Å²) >= 11 is 0. The third-order valence-electron chi connectivity index (χ3n) is 16.2. The maximum absolute atomic E-state index is 2.82. The Kier molecular flexibility index (Phi) is 11.4. The summed E-state index contributed by atoms with van der Waals surface area (Å²) in [5.74, 6) is 0. The van der Waals surface area contributed by atoms with Gasteiger partial charge in [0.25, 0.3) is 0 Å². The summed E-state index contributed by atoms with van der Waals surface area (Å²) in [5.41, 5.74) is 0. The van der Waals surface area contributed by atoms with E-state index in [2.05, 4.69) is 144 Å². The Morgan fingerprint density at radius 3 is 0.486 bits per heavy atom. The molecule has 2 fully saturated rings. The predicted octanol–water partition coefficient (Wildman–Crippen LogP) is 8.27. The molecule has 204 valence electrons. The van der Waals surface area contributed by atoms with E-state index in [0.29, 0.717) is 0 Å². The molecule has 0 aliphatic carbocycles. The average molecular weight is 868 g/mol. The SMILES string of the molecule is C[Si]1[Si](C)(C)[Si](C)(C)[Si](C)(C)[Si](C)(C)[Si]1(C)C.C[Si]1[Si](C)(C)[Si](C)(C)[Si](C)(C)[Si](C)(C)[Si]1(C)C.[Hg]. The van der Waals surface area contributed by atoms with E-state index < -0.39 is 71.1 Å². The standard InChI is InChI=1S/2C11H33Si6.Hg/c2*1-12-13(2,3)15(6,7)17(10,11)16(8,9)14(12,4)5;/h2*1-11H3;. The van der Waals surface area contributed by atoms with Crippen LogP contribution in [-0.4, -0.2) is 86.8 Å². The zero-order chi connectivity index (χ0) is 28.2. The van der Waals surface area contributed by atoms with E-state index in [9.17, 15) is 0 Å². The van der Waals surface area contributed by atoms with Gasteiger partial charge in [-0.15, -0.1) is 0 Å². The Labute approximate surface area is 255 Å². The molecule has 2 aliphatic rings. The second-order valence-corrected chi connectivity index (χ2v) is 154. The average Bonchev–Trinajstić information content (AvgIpc) is 2.64. The zero-order valence-corrected chi connectivity index (χ0v) is 46.2. The van der Waals surface area contributed by atoms with Crippen LogP contribution in [0.4, 0.5) is 0 Å². The van der Waals surface area contributed by atoms with Crippen LogP contribution in [0.5, 0.6) is 0 Å². The van der Waals surface area contributed by atoms with Crippen LogP contribution >= 0.6 is 0 Å². The third-order valence-corrected chi connectivity index (χ3v) is 299. The Morgan fingerprint density at radius 1 is 0.257 bits per heavy atom. The van der Waals surface area contributed by atoms with Crippen molar-refractivity contribution in [3.63, 3.8) is 0 Å². The fourth-order valence-electron chi connectivity index (χ4n) is 8.12. The van der Waals surface area contributed by atoms with Gasteiger partial charge in [-0.05, 0) is 0 Å². The van der Waals surface area contributed by atoms with Gasteiger partial charge in [0.2, 0.25) is 0 Å². The molecular weight excluding hydrogens is 802 g/mol. The fourth-order valence-corrected chi connectivity index (χ4v) is 449. The van der Waals surface area contributed by atoms with Crippen LogP contribution in [-0.2, 0) is 27.7 Å². The summed E-state index contributed by atoms with van der Waals surface area (Å²) in [6.45, 7) is 61.8. The van der Waals surface area contributed by atoms with Crippen molar-refractivity contribution in [3.05, 3.63) is 0 Å². The van der Waals surface area contributed by atoms with E-state index in [1.165, 1.54) is 0 Å². The molecule has 0 amide bonds. The number of rotatable bonds is 0. The Balaban J connectivity index is 0.000000642. The molecule has 0 aromatic rings. The summed E-state index contributed by atoms with van der Waals surface area (Å²) in [6, 6.07) is 0. The molecule has 35 heavy (non-hydrogen) atoms. The molecule has 2 aliphatic heterocycles. The molecular formula is C22H66HgSi12. The zero-order valence-electron chi connectivity index (χ0n) is 28.7. The molecule has 0 aromatic heterocycles. The fraction of sp³-hybridized carbons (Fsp3) is 1.00. The van der Waals surface area contributed by atoms with Gasteiger partial charge in [0, 0.05) is 114 Å². The predicted molar refractivity (Wildman–Crippen MR) is 198 cm³/mol. The largest absolute Gasteiger partial charge is 0.0754 e. The van der Waals surface area contributed by atoms with E-state index in [0.717, 1.165) is 0 Å². The minimum absolute atomic E-state index is 0. The van der Waals surface area contributed by atoms with Gasteiger partial charge in [-0.2, -0.15) is 0 Å². The minimum atomic E-state index is -0.932. The van der Waals surface area contributed by atoms with Gasteiger partial charge in [0.15, 0.2) is 0 Å². The first-order valence-corrected chi connectivity index (χ1v) is 60.0. The second kappa shape index (κ2) is 10.4. The Hall–Kier alpha value is 3.54. The van der Waals surface area contributed by atoms with Crippen LogP contribution in [0.1, 0.15) is 0 Å². The Bertz CT molecular complexity index is 670. The number of hydrogen-bond acceptors (Lipinski definition) is 0. The molecule has 0 unspecified atom stereocenters. The first-order valence-electron chi connectivity index (χ1n) is 14.0. The summed E-state index contributed by atoms with van der Waals surface area (Å²) in [7, 11) is -9.03. The maximum atomic E-state index is 2.82. The maximum Gasteiger partial charge on any atom is 0.0307 e. The monoisotopic (exact) mass is 868 g/mol. The van der Waals surface area contributed by atoms with Gasteiger partial charge in [-0.3, -0.25) is 0 Å². The van der Waals surface area contributed by atoms with Gasteiger partial charge >= 0.3 is 0 Å². The van der Waals surface area contributed by atoms with Crippen molar-refractivity contribution < 1.29 is 27.7 Å². The van der Waals surface area contributed by atoms with Crippen molar-refractivity contribution in [2.75, 3.05) is 0 Å². The van der Waals surface area contributed by atoms with Crippen LogP contribution in [0.2, 0.25) is 144 Å². The van der Waals surface area contributed by atoms with Crippen molar-refractivity contribution in [1.29, 1.82) is 0 Å². The normalized spacial score (nSPS) is 32.4. The van der Waals surface area contributed by atoms with Crippen LogP contribution in [0.15, 0.2) is 0 Å². The van der Waals surface area contributed by atoms with E-state index in [-0.39, 0.29) is 43.3 Å². The van der Waals surface area contributed by atoms with Crippen LogP contribution in [0, 0.1) is 0 Å². The molecule has 0 bridgehead atoms. The van der Waals surface area contributed by atoms with Gasteiger partial charge < -0.3 is 0 Å². The summed E-state index contributed by atoms with van der Waals surface area (Å²) in [4.78, 5) is 0. The van der Waals surface area contributed by atoms with Crippen LogP contribution in [0.25, 0.3) is 0 Å². The molecule has 0 spiro atoms. The molecule has 0 aromatic carbocycles. The van der Waals surface area contributed by atoms with Crippen molar-refractivity contribution in [1.82, 2.24) is 0 Å². The molecule has 2 rings (SSSR count). The minimum Gasteiger partial charge on any atom is -0.0754 e. The van der Waals surface area contributed by atoms with Crippen molar-refractivity contribution >= 4 is 86.8 Å².